The lowest BCUT2D eigenvalue weighted by atomic mass is 10.3. The van der Waals surface area contributed by atoms with Crippen molar-refractivity contribution in [3.63, 3.8) is 0 Å². The topological polar surface area (TPSA) is 131 Å². The average Bonchev–Trinajstić information content (AvgIpc) is 2.66. The molecule has 0 saturated carbocycles. The molecule has 0 heterocycles. The van der Waals surface area contributed by atoms with Gasteiger partial charge in [0, 0.05) is 5.69 Å². The van der Waals surface area contributed by atoms with Crippen LogP contribution in [0, 0.1) is 0 Å². The van der Waals surface area contributed by atoms with Gasteiger partial charge >= 0.3 is 12.0 Å². The van der Waals surface area contributed by atoms with Gasteiger partial charge in [-0.05, 0) is 24.3 Å². The molecular formula is C17H17N3O6S. The highest BCUT2D eigenvalue weighted by molar-refractivity contribution is 7.89. The molecule has 2 rings (SSSR count). The third-order valence-corrected chi connectivity index (χ3v) is 4.53. The molecule has 10 heteroatoms. The Morgan fingerprint density at radius 2 is 1.48 bits per heavy atom. The minimum absolute atomic E-state index is 0.00636. The molecule has 0 spiro atoms. The molecule has 142 valence electrons. The Morgan fingerprint density at radius 1 is 0.889 bits per heavy atom. The van der Waals surface area contributed by atoms with Crippen molar-refractivity contribution in [3.05, 3.63) is 60.7 Å². The Balaban J connectivity index is 1.72. The highest BCUT2D eigenvalue weighted by Crippen LogP contribution is 2.06. The first-order valence-corrected chi connectivity index (χ1v) is 9.21. The number of rotatable bonds is 7. The van der Waals surface area contributed by atoms with Crippen molar-refractivity contribution in [3.8, 4) is 0 Å². The van der Waals surface area contributed by atoms with Gasteiger partial charge in [-0.1, -0.05) is 36.4 Å². The number of hydrogen-bond acceptors (Lipinski definition) is 6. The Kier molecular flexibility index (Phi) is 7.03. The normalized spacial score (nSPS) is 10.7. The number of urea groups is 1. The Morgan fingerprint density at radius 3 is 2.11 bits per heavy atom. The largest absolute Gasteiger partial charge is 0.455 e. The molecule has 0 unspecified atom stereocenters. The maximum absolute atomic E-state index is 11.9. The first-order valence-electron chi connectivity index (χ1n) is 7.73. The smallest absolute Gasteiger partial charge is 0.325 e. The van der Waals surface area contributed by atoms with Gasteiger partial charge in [0.2, 0.25) is 10.0 Å². The van der Waals surface area contributed by atoms with Crippen molar-refractivity contribution in [2.45, 2.75) is 4.90 Å². The standard InChI is InChI=1S/C17H17N3O6S/c21-15(20-17(23)19-13-7-3-1-4-8-13)12-26-16(22)11-18-27(24,25)14-9-5-2-6-10-14/h1-10,18H,11-12H2,(H2,19,20,21,23). The summed E-state index contributed by atoms with van der Waals surface area (Å²) in [6, 6.07) is 15.1. The van der Waals surface area contributed by atoms with E-state index >= 15 is 0 Å². The van der Waals surface area contributed by atoms with E-state index in [9.17, 15) is 22.8 Å². The van der Waals surface area contributed by atoms with Crippen LogP contribution in [0.2, 0.25) is 0 Å². The highest BCUT2D eigenvalue weighted by atomic mass is 32.2. The Hall–Kier alpha value is -3.24. The summed E-state index contributed by atoms with van der Waals surface area (Å²) < 4.78 is 30.6. The van der Waals surface area contributed by atoms with Crippen LogP contribution in [0.4, 0.5) is 10.5 Å². The summed E-state index contributed by atoms with van der Waals surface area (Å²) in [6.07, 6.45) is 0. The molecule has 0 atom stereocenters. The van der Waals surface area contributed by atoms with Crippen LogP contribution in [0.25, 0.3) is 0 Å². The van der Waals surface area contributed by atoms with E-state index in [0.717, 1.165) is 0 Å². The SMILES string of the molecule is O=C(COC(=O)CNS(=O)(=O)c1ccccc1)NC(=O)Nc1ccccc1. The molecule has 2 aromatic rings. The number of imide groups is 1. The number of benzene rings is 2. The zero-order valence-electron chi connectivity index (χ0n) is 14.0. The maximum atomic E-state index is 11.9. The van der Waals surface area contributed by atoms with Gasteiger partial charge in [-0.15, -0.1) is 0 Å². The number of hydrogen-bond donors (Lipinski definition) is 3. The number of para-hydroxylation sites is 1. The number of nitrogens with one attached hydrogen (secondary N) is 3. The van der Waals surface area contributed by atoms with Gasteiger partial charge in [-0.3, -0.25) is 14.9 Å². The lowest BCUT2D eigenvalue weighted by molar-refractivity contribution is -0.147. The van der Waals surface area contributed by atoms with Gasteiger partial charge in [0.15, 0.2) is 6.61 Å². The molecule has 0 aliphatic heterocycles. The van der Waals surface area contributed by atoms with Crippen molar-refractivity contribution in [2.75, 3.05) is 18.5 Å². The molecule has 0 saturated heterocycles. The first-order chi connectivity index (χ1) is 12.9. The molecule has 27 heavy (non-hydrogen) atoms. The Bertz CT molecular complexity index is 901. The number of ether oxygens (including phenoxy) is 1. The molecule has 3 amide bonds. The maximum Gasteiger partial charge on any atom is 0.325 e. The second-order valence-corrected chi connectivity index (χ2v) is 6.93. The van der Waals surface area contributed by atoms with Crippen molar-refractivity contribution in [1.29, 1.82) is 0 Å². The molecule has 0 aromatic heterocycles. The van der Waals surface area contributed by atoms with Crippen LogP contribution < -0.4 is 15.4 Å². The highest BCUT2D eigenvalue weighted by Gasteiger charge is 2.16. The molecule has 0 bridgehead atoms. The van der Waals surface area contributed by atoms with Crippen molar-refractivity contribution < 1.29 is 27.5 Å². The van der Waals surface area contributed by atoms with Crippen LogP contribution in [0.1, 0.15) is 0 Å². The van der Waals surface area contributed by atoms with E-state index < -0.39 is 41.1 Å². The minimum Gasteiger partial charge on any atom is -0.455 e. The summed E-state index contributed by atoms with van der Waals surface area (Å²) in [7, 11) is -3.86. The van der Waals surface area contributed by atoms with Crippen molar-refractivity contribution in [1.82, 2.24) is 10.0 Å². The summed E-state index contributed by atoms with van der Waals surface area (Å²) in [5.41, 5.74) is 0.482. The van der Waals surface area contributed by atoms with Crippen LogP contribution >= 0.6 is 0 Å². The van der Waals surface area contributed by atoms with E-state index in [1.165, 1.54) is 24.3 Å². The molecular weight excluding hydrogens is 374 g/mol. The fourth-order valence-corrected chi connectivity index (χ4v) is 2.87. The number of anilines is 1. The number of carbonyl (C=O) groups excluding carboxylic acids is 3. The summed E-state index contributed by atoms with van der Waals surface area (Å²) in [6.45, 7) is -1.38. The monoisotopic (exact) mass is 391 g/mol. The predicted molar refractivity (Wildman–Crippen MR) is 96.2 cm³/mol. The van der Waals surface area contributed by atoms with Crippen molar-refractivity contribution in [2.24, 2.45) is 0 Å². The molecule has 0 aliphatic rings. The van der Waals surface area contributed by atoms with E-state index in [-0.39, 0.29) is 4.90 Å². The van der Waals surface area contributed by atoms with Gasteiger partial charge in [-0.2, -0.15) is 4.72 Å². The summed E-state index contributed by atoms with van der Waals surface area (Å²) in [5.74, 6) is -1.82. The van der Waals surface area contributed by atoms with Gasteiger partial charge in [0.25, 0.3) is 5.91 Å². The quantitative estimate of drug-likeness (QED) is 0.600. The predicted octanol–water partition coefficient (Wildman–Crippen LogP) is 0.856. The van der Waals surface area contributed by atoms with Gasteiger partial charge in [0.1, 0.15) is 6.54 Å². The van der Waals surface area contributed by atoms with E-state index in [4.69, 9.17) is 0 Å². The number of amides is 3. The lowest BCUT2D eigenvalue weighted by Gasteiger charge is -2.08. The minimum atomic E-state index is -3.86. The Labute approximate surface area is 155 Å². The van der Waals surface area contributed by atoms with Crippen LogP contribution in [0.5, 0.6) is 0 Å². The fourth-order valence-electron chi connectivity index (χ4n) is 1.88. The molecule has 9 nitrogen and oxygen atoms in total. The molecule has 0 radical (unpaired) electrons. The van der Waals surface area contributed by atoms with Crippen LogP contribution in [0.15, 0.2) is 65.6 Å². The van der Waals surface area contributed by atoms with E-state index in [1.807, 2.05) is 5.32 Å². The van der Waals surface area contributed by atoms with E-state index in [2.05, 4.69) is 14.8 Å². The van der Waals surface area contributed by atoms with Crippen LogP contribution in [-0.2, 0) is 24.3 Å². The number of esters is 1. The lowest BCUT2D eigenvalue weighted by Crippen LogP contribution is -2.38. The summed E-state index contributed by atoms with van der Waals surface area (Å²) >= 11 is 0. The third kappa shape index (κ3) is 6.88. The third-order valence-electron chi connectivity index (χ3n) is 3.11. The van der Waals surface area contributed by atoms with Gasteiger partial charge in [0.05, 0.1) is 4.90 Å². The van der Waals surface area contributed by atoms with E-state index in [0.29, 0.717) is 5.69 Å². The van der Waals surface area contributed by atoms with Crippen LogP contribution in [-0.4, -0.2) is 39.5 Å². The second kappa shape index (κ2) is 9.46. The molecule has 0 fully saturated rings. The number of carbonyl (C=O) groups is 3. The zero-order chi connectivity index (χ0) is 19.7. The second-order valence-electron chi connectivity index (χ2n) is 5.17. The zero-order valence-corrected chi connectivity index (χ0v) is 14.9. The fraction of sp³-hybridized carbons (Fsp3) is 0.118. The summed E-state index contributed by atoms with van der Waals surface area (Å²) in [5, 5.41) is 4.40. The number of sulfonamides is 1. The van der Waals surface area contributed by atoms with Gasteiger partial charge < -0.3 is 10.1 Å². The molecule has 2 aromatic carbocycles. The van der Waals surface area contributed by atoms with E-state index in [1.54, 1.807) is 36.4 Å². The van der Waals surface area contributed by atoms with Crippen LogP contribution in [0.3, 0.4) is 0 Å². The average molecular weight is 391 g/mol. The van der Waals surface area contributed by atoms with Crippen molar-refractivity contribution >= 4 is 33.6 Å². The van der Waals surface area contributed by atoms with Gasteiger partial charge in [-0.25, -0.2) is 13.2 Å². The molecule has 0 aliphatic carbocycles. The first kappa shape index (κ1) is 20.1. The molecule has 3 N–H and O–H groups in total. The summed E-state index contributed by atoms with van der Waals surface area (Å²) in [4.78, 5) is 34.8.